The summed E-state index contributed by atoms with van der Waals surface area (Å²) < 4.78 is 5.77. The number of nitrogens with zero attached hydrogens (tertiary/aromatic N) is 4. The van der Waals surface area contributed by atoms with Crippen LogP contribution in [-0.2, 0) is 11.2 Å². The molecule has 1 saturated heterocycles. The van der Waals surface area contributed by atoms with Crippen LogP contribution >= 0.6 is 0 Å². The second-order valence-corrected chi connectivity index (χ2v) is 7.27. The Morgan fingerprint density at radius 1 is 1.04 bits per heavy atom. The molecule has 2 fully saturated rings. The largest absolute Gasteiger partial charge is 0.421 e. The molecule has 2 aliphatic rings. The molecule has 2 heterocycles. The first-order chi connectivity index (χ1) is 12.8. The zero-order valence-electron chi connectivity index (χ0n) is 15.1. The van der Waals surface area contributed by atoms with E-state index in [0.29, 0.717) is 17.7 Å². The average molecular weight is 354 g/mol. The number of aromatic nitrogens is 2. The number of hydrogen-bond donors (Lipinski definition) is 0. The molecule has 138 valence electrons. The third-order valence-electron chi connectivity index (χ3n) is 5.52. The van der Waals surface area contributed by atoms with Crippen molar-refractivity contribution in [2.75, 3.05) is 32.7 Å². The quantitative estimate of drug-likeness (QED) is 0.826. The monoisotopic (exact) mass is 354 g/mol. The number of amides is 1. The Kier molecular flexibility index (Phi) is 5.29. The van der Waals surface area contributed by atoms with Crippen LogP contribution in [0, 0.1) is 5.92 Å². The van der Waals surface area contributed by atoms with Gasteiger partial charge in [0.1, 0.15) is 0 Å². The van der Waals surface area contributed by atoms with Crippen LogP contribution in [0.1, 0.15) is 31.6 Å². The molecule has 6 nitrogen and oxygen atoms in total. The molecule has 1 aromatic heterocycles. The molecule has 0 spiro atoms. The molecule has 2 aromatic rings. The Hall–Kier alpha value is -2.21. The van der Waals surface area contributed by atoms with E-state index in [2.05, 4.69) is 20.0 Å². The standard InChI is InChI=1S/C20H26N4O2/c25-20(17-8-4-5-9-17)24-14-12-23(13-15-24)11-10-18-21-22-19(26-18)16-6-2-1-3-7-16/h1-3,6-7,17H,4-5,8-15H2. The Bertz CT molecular complexity index is 716. The Morgan fingerprint density at radius 2 is 1.77 bits per heavy atom. The number of benzene rings is 1. The van der Waals surface area contributed by atoms with E-state index < -0.39 is 0 Å². The van der Waals surface area contributed by atoms with Gasteiger partial charge in [-0.25, -0.2) is 0 Å². The first kappa shape index (κ1) is 17.2. The first-order valence-electron chi connectivity index (χ1n) is 9.68. The normalized spacial score (nSPS) is 19.2. The van der Waals surface area contributed by atoms with Crippen LogP contribution in [0.3, 0.4) is 0 Å². The van der Waals surface area contributed by atoms with E-state index >= 15 is 0 Å². The van der Waals surface area contributed by atoms with Gasteiger partial charge in [0.2, 0.25) is 17.7 Å². The van der Waals surface area contributed by atoms with Gasteiger partial charge in [0.15, 0.2) is 0 Å². The van der Waals surface area contributed by atoms with Crippen LogP contribution in [0.2, 0.25) is 0 Å². The summed E-state index contributed by atoms with van der Waals surface area (Å²) in [5, 5.41) is 8.31. The van der Waals surface area contributed by atoms with Crippen LogP contribution in [0.25, 0.3) is 11.5 Å². The molecular weight excluding hydrogens is 328 g/mol. The fourth-order valence-electron chi connectivity index (χ4n) is 3.93. The van der Waals surface area contributed by atoms with Crippen molar-refractivity contribution in [2.24, 2.45) is 5.92 Å². The van der Waals surface area contributed by atoms with Crippen molar-refractivity contribution in [3.05, 3.63) is 36.2 Å². The molecular formula is C20H26N4O2. The predicted molar refractivity (Wildman–Crippen MR) is 98.4 cm³/mol. The number of carbonyl (C=O) groups is 1. The summed E-state index contributed by atoms with van der Waals surface area (Å²) in [4.78, 5) is 16.9. The third-order valence-corrected chi connectivity index (χ3v) is 5.52. The number of rotatable bonds is 5. The predicted octanol–water partition coefficient (Wildman–Crippen LogP) is 2.61. The van der Waals surface area contributed by atoms with Crippen molar-refractivity contribution in [1.29, 1.82) is 0 Å². The Labute approximate surface area is 154 Å². The zero-order chi connectivity index (χ0) is 17.8. The maximum absolute atomic E-state index is 12.5. The van der Waals surface area contributed by atoms with Gasteiger partial charge in [0, 0.05) is 50.6 Å². The van der Waals surface area contributed by atoms with Crippen molar-refractivity contribution in [3.8, 4) is 11.5 Å². The van der Waals surface area contributed by atoms with E-state index in [1.54, 1.807) is 0 Å². The molecule has 0 atom stereocenters. The molecule has 0 unspecified atom stereocenters. The minimum absolute atomic E-state index is 0.288. The highest BCUT2D eigenvalue weighted by Crippen LogP contribution is 2.27. The van der Waals surface area contributed by atoms with Gasteiger partial charge in [-0.15, -0.1) is 10.2 Å². The highest BCUT2D eigenvalue weighted by atomic mass is 16.4. The van der Waals surface area contributed by atoms with E-state index in [1.165, 1.54) is 12.8 Å². The van der Waals surface area contributed by atoms with Gasteiger partial charge in [0.05, 0.1) is 0 Å². The molecule has 26 heavy (non-hydrogen) atoms. The van der Waals surface area contributed by atoms with Crippen molar-refractivity contribution in [2.45, 2.75) is 32.1 Å². The lowest BCUT2D eigenvalue weighted by Gasteiger charge is -2.35. The van der Waals surface area contributed by atoms with Gasteiger partial charge in [-0.3, -0.25) is 9.69 Å². The number of piperazine rings is 1. The molecule has 1 aromatic carbocycles. The molecule has 0 bridgehead atoms. The summed E-state index contributed by atoms with van der Waals surface area (Å²) in [5.74, 6) is 1.92. The van der Waals surface area contributed by atoms with Gasteiger partial charge in [-0.05, 0) is 25.0 Å². The summed E-state index contributed by atoms with van der Waals surface area (Å²) in [6, 6.07) is 9.84. The Morgan fingerprint density at radius 3 is 2.50 bits per heavy atom. The summed E-state index contributed by atoms with van der Waals surface area (Å²) in [6.45, 7) is 4.43. The van der Waals surface area contributed by atoms with Crippen molar-refractivity contribution in [3.63, 3.8) is 0 Å². The average Bonchev–Trinajstić information content (AvgIpc) is 3.39. The van der Waals surface area contributed by atoms with E-state index in [9.17, 15) is 4.79 Å². The third kappa shape index (κ3) is 3.96. The van der Waals surface area contributed by atoms with Crippen LogP contribution in [0.15, 0.2) is 34.7 Å². The second-order valence-electron chi connectivity index (χ2n) is 7.27. The number of carbonyl (C=O) groups excluding carboxylic acids is 1. The van der Waals surface area contributed by atoms with E-state index in [0.717, 1.165) is 57.5 Å². The molecule has 1 amide bonds. The SMILES string of the molecule is O=C(C1CCCC1)N1CCN(CCc2nnc(-c3ccccc3)o2)CC1. The summed E-state index contributed by atoms with van der Waals surface area (Å²) >= 11 is 0. The van der Waals surface area contributed by atoms with Gasteiger partial charge in [-0.1, -0.05) is 31.0 Å². The van der Waals surface area contributed by atoms with Crippen LogP contribution in [0.4, 0.5) is 0 Å². The van der Waals surface area contributed by atoms with Crippen molar-refractivity contribution < 1.29 is 9.21 Å². The van der Waals surface area contributed by atoms with E-state index in [4.69, 9.17) is 4.42 Å². The van der Waals surface area contributed by atoms with Crippen LogP contribution in [-0.4, -0.2) is 58.6 Å². The molecule has 1 saturated carbocycles. The highest BCUT2D eigenvalue weighted by Gasteiger charge is 2.29. The molecule has 1 aliphatic heterocycles. The van der Waals surface area contributed by atoms with Gasteiger partial charge in [0.25, 0.3) is 0 Å². The highest BCUT2D eigenvalue weighted by molar-refractivity contribution is 5.79. The first-order valence-corrected chi connectivity index (χ1v) is 9.68. The zero-order valence-corrected chi connectivity index (χ0v) is 15.1. The fraction of sp³-hybridized carbons (Fsp3) is 0.550. The Balaban J connectivity index is 1.24. The van der Waals surface area contributed by atoms with Crippen LogP contribution < -0.4 is 0 Å². The smallest absolute Gasteiger partial charge is 0.247 e. The number of hydrogen-bond acceptors (Lipinski definition) is 5. The van der Waals surface area contributed by atoms with Gasteiger partial charge >= 0.3 is 0 Å². The lowest BCUT2D eigenvalue weighted by atomic mass is 10.1. The molecule has 4 rings (SSSR count). The molecule has 0 radical (unpaired) electrons. The second kappa shape index (κ2) is 7.99. The van der Waals surface area contributed by atoms with E-state index in [-0.39, 0.29) is 5.92 Å². The lowest BCUT2D eigenvalue weighted by molar-refractivity contribution is -0.137. The maximum Gasteiger partial charge on any atom is 0.247 e. The van der Waals surface area contributed by atoms with Gasteiger partial charge < -0.3 is 9.32 Å². The van der Waals surface area contributed by atoms with E-state index in [1.807, 2.05) is 30.3 Å². The minimum atomic E-state index is 0.288. The summed E-state index contributed by atoms with van der Waals surface area (Å²) in [7, 11) is 0. The topological polar surface area (TPSA) is 62.5 Å². The van der Waals surface area contributed by atoms with Crippen molar-refractivity contribution >= 4 is 5.91 Å². The summed E-state index contributed by atoms with van der Waals surface area (Å²) in [5.41, 5.74) is 0.949. The van der Waals surface area contributed by atoms with Gasteiger partial charge in [-0.2, -0.15) is 0 Å². The maximum atomic E-state index is 12.5. The lowest BCUT2D eigenvalue weighted by Crippen LogP contribution is -2.50. The molecule has 0 N–H and O–H groups in total. The molecule has 6 heteroatoms. The van der Waals surface area contributed by atoms with Crippen molar-refractivity contribution in [1.82, 2.24) is 20.0 Å². The summed E-state index contributed by atoms with van der Waals surface area (Å²) in [6.07, 6.45) is 5.34. The van der Waals surface area contributed by atoms with Crippen LogP contribution in [0.5, 0.6) is 0 Å². The molecule has 1 aliphatic carbocycles. The minimum Gasteiger partial charge on any atom is -0.421 e. The fourth-order valence-corrected chi connectivity index (χ4v) is 3.93.